The van der Waals surface area contributed by atoms with Gasteiger partial charge in [0, 0.05) is 12.2 Å². The lowest BCUT2D eigenvalue weighted by molar-refractivity contribution is 0.480. The topological polar surface area (TPSA) is 12.0 Å². The molecule has 19 heavy (non-hydrogen) atoms. The molecular weight excluding hydrogens is 230 g/mol. The minimum absolute atomic E-state index is 0.402. The highest BCUT2D eigenvalue weighted by atomic mass is 14.9. The number of nitrogens with one attached hydrogen (secondary N) is 1. The second-order valence-corrected chi connectivity index (χ2v) is 5.85. The maximum absolute atomic E-state index is 3.28. The van der Waals surface area contributed by atoms with Gasteiger partial charge < -0.3 is 5.32 Å². The Morgan fingerprint density at radius 3 is 2.47 bits per heavy atom. The van der Waals surface area contributed by atoms with Crippen LogP contribution in [0, 0.1) is 5.41 Å². The molecule has 0 unspecified atom stereocenters. The van der Waals surface area contributed by atoms with Crippen molar-refractivity contribution in [2.24, 2.45) is 5.41 Å². The lowest BCUT2D eigenvalue weighted by Crippen LogP contribution is -2.08. The van der Waals surface area contributed by atoms with E-state index in [2.05, 4.69) is 74.7 Å². The van der Waals surface area contributed by atoms with Gasteiger partial charge in [-0.05, 0) is 30.4 Å². The fourth-order valence-electron chi connectivity index (χ4n) is 2.43. The highest BCUT2D eigenvalue weighted by molar-refractivity contribution is 5.69. The van der Waals surface area contributed by atoms with E-state index in [1.807, 2.05) is 6.07 Å². The third kappa shape index (κ3) is 4.13. The molecule has 0 saturated heterocycles. The van der Waals surface area contributed by atoms with E-state index in [4.69, 9.17) is 0 Å². The standard InChI is InChI=1S/C9H9N.C9H14/c1-2-6-9-8(4-1)5-3-7-10-9;1-8-5-4-6-9(2,3)7-8/h1-6,10H,7H2;4-5,7H,6H2,1-3H3. The maximum atomic E-state index is 3.28. The fraction of sp³-hybridized carbons (Fsp3) is 0.333. The SMILES string of the molecule is C1=Cc2ccccc2NC1.CC1=CC(C)(C)CC=C1. The smallest absolute Gasteiger partial charge is 0.0416 e. The average molecular weight is 253 g/mol. The summed E-state index contributed by atoms with van der Waals surface area (Å²) < 4.78 is 0. The molecule has 3 rings (SSSR count). The third-order valence-electron chi connectivity index (χ3n) is 3.31. The van der Waals surface area contributed by atoms with Crippen molar-refractivity contribution >= 4 is 11.8 Å². The Bertz CT molecular complexity index is 518. The second-order valence-electron chi connectivity index (χ2n) is 5.85. The van der Waals surface area contributed by atoms with E-state index in [-0.39, 0.29) is 0 Å². The van der Waals surface area contributed by atoms with Crippen molar-refractivity contribution in [1.29, 1.82) is 0 Å². The van der Waals surface area contributed by atoms with Crippen LogP contribution in [0.15, 0.2) is 54.1 Å². The summed E-state index contributed by atoms with van der Waals surface area (Å²) in [5.74, 6) is 0. The summed E-state index contributed by atoms with van der Waals surface area (Å²) in [7, 11) is 0. The van der Waals surface area contributed by atoms with E-state index >= 15 is 0 Å². The number of rotatable bonds is 0. The van der Waals surface area contributed by atoms with Crippen LogP contribution in [0.1, 0.15) is 32.8 Å². The molecule has 1 aromatic rings. The van der Waals surface area contributed by atoms with E-state index < -0.39 is 0 Å². The average Bonchev–Trinajstić information content (AvgIpc) is 2.38. The number of fused-ring (bicyclic) bond motifs is 1. The zero-order valence-corrected chi connectivity index (χ0v) is 12.1. The van der Waals surface area contributed by atoms with Crippen molar-refractivity contribution in [2.75, 3.05) is 11.9 Å². The first kappa shape index (κ1) is 13.7. The predicted octanol–water partition coefficient (Wildman–Crippen LogP) is 5.04. The number of para-hydroxylation sites is 1. The molecule has 1 aromatic carbocycles. The van der Waals surface area contributed by atoms with Crippen LogP contribution in [0.5, 0.6) is 0 Å². The molecule has 2 aliphatic rings. The van der Waals surface area contributed by atoms with E-state index in [0.717, 1.165) is 6.54 Å². The van der Waals surface area contributed by atoms with Gasteiger partial charge in [-0.25, -0.2) is 0 Å². The molecule has 0 saturated carbocycles. The van der Waals surface area contributed by atoms with Gasteiger partial charge in [-0.1, -0.05) is 68.0 Å². The first-order valence-corrected chi connectivity index (χ1v) is 6.92. The van der Waals surface area contributed by atoms with Gasteiger partial charge >= 0.3 is 0 Å². The van der Waals surface area contributed by atoms with Crippen LogP contribution in [-0.2, 0) is 0 Å². The van der Waals surface area contributed by atoms with Gasteiger partial charge in [0.15, 0.2) is 0 Å². The summed E-state index contributed by atoms with van der Waals surface area (Å²) in [6, 6.07) is 8.30. The predicted molar refractivity (Wildman–Crippen MR) is 85.3 cm³/mol. The Hall–Kier alpha value is -1.76. The molecule has 1 aliphatic heterocycles. The normalized spacial score (nSPS) is 18.6. The Labute approximate surface area is 116 Å². The van der Waals surface area contributed by atoms with E-state index in [1.54, 1.807) is 0 Å². The number of hydrogen-bond acceptors (Lipinski definition) is 1. The Morgan fingerprint density at radius 1 is 1.05 bits per heavy atom. The van der Waals surface area contributed by atoms with Crippen molar-refractivity contribution in [3.05, 3.63) is 59.7 Å². The van der Waals surface area contributed by atoms with Crippen LogP contribution in [0.3, 0.4) is 0 Å². The molecule has 0 bridgehead atoms. The van der Waals surface area contributed by atoms with Crippen LogP contribution < -0.4 is 5.32 Å². The molecule has 0 spiro atoms. The molecule has 0 fully saturated rings. The molecule has 0 radical (unpaired) electrons. The first-order chi connectivity index (χ1) is 9.07. The highest BCUT2D eigenvalue weighted by Gasteiger charge is 2.14. The molecule has 1 heteroatoms. The Kier molecular flexibility index (Phi) is 4.26. The Balaban J connectivity index is 0.000000141. The van der Waals surface area contributed by atoms with Crippen LogP contribution in [0.25, 0.3) is 6.08 Å². The van der Waals surface area contributed by atoms with Crippen molar-refractivity contribution < 1.29 is 0 Å². The van der Waals surface area contributed by atoms with E-state index in [9.17, 15) is 0 Å². The first-order valence-electron chi connectivity index (χ1n) is 6.92. The van der Waals surface area contributed by atoms with Gasteiger partial charge in [0.2, 0.25) is 0 Å². The number of allylic oxidation sites excluding steroid dienone is 4. The molecule has 0 amide bonds. The monoisotopic (exact) mass is 253 g/mol. The highest BCUT2D eigenvalue weighted by Crippen LogP contribution is 2.28. The Morgan fingerprint density at radius 2 is 1.84 bits per heavy atom. The summed E-state index contributed by atoms with van der Waals surface area (Å²) >= 11 is 0. The minimum atomic E-state index is 0.402. The summed E-state index contributed by atoms with van der Waals surface area (Å²) in [6.07, 6.45) is 12.2. The zero-order valence-electron chi connectivity index (χ0n) is 12.1. The molecule has 100 valence electrons. The van der Waals surface area contributed by atoms with Crippen LogP contribution in [0.2, 0.25) is 0 Å². The van der Waals surface area contributed by atoms with E-state index in [0.29, 0.717) is 5.41 Å². The minimum Gasteiger partial charge on any atom is -0.381 e. The zero-order chi connectivity index (χ0) is 13.7. The van der Waals surface area contributed by atoms with Crippen molar-refractivity contribution in [2.45, 2.75) is 27.2 Å². The van der Waals surface area contributed by atoms with Crippen molar-refractivity contribution in [1.82, 2.24) is 0 Å². The summed E-state index contributed by atoms with van der Waals surface area (Å²) in [4.78, 5) is 0. The molecule has 1 N–H and O–H groups in total. The fourth-order valence-corrected chi connectivity index (χ4v) is 2.43. The summed E-state index contributed by atoms with van der Waals surface area (Å²) in [5.41, 5.74) is 4.32. The van der Waals surface area contributed by atoms with E-state index in [1.165, 1.54) is 23.2 Å². The molecular formula is C18H23N. The molecule has 0 aromatic heterocycles. The van der Waals surface area contributed by atoms with Crippen LogP contribution in [-0.4, -0.2) is 6.54 Å². The van der Waals surface area contributed by atoms with Crippen molar-refractivity contribution in [3.8, 4) is 0 Å². The summed E-state index contributed by atoms with van der Waals surface area (Å²) in [5, 5.41) is 3.28. The number of hydrogen-bond donors (Lipinski definition) is 1. The molecule has 1 heterocycles. The third-order valence-corrected chi connectivity index (χ3v) is 3.31. The largest absolute Gasteiger partial charge is 0.381 e. The van der Waals surface area contributed by atoms with Gasteiger partial charge in [0.25, 0.3) is 0 Å². The second kappa shape index (κ2) is 5.92. The molecule has 1 nitrogen and oxygen atoms in total. The van der Waals surface area contributed by atoms with Gasteiger partial charge in [-0.3, -0.25) is 0 Å². The lowest BCUT2D eigenvalue weighted by atomic mass is 9.84. The van der Waals surface area contributed by atoms with Gasteiger partial charge in [-0.2, -0.15) is 0 Å². The van der Waals surface area contributed by atoms with Crippen LogP contribution in [0.4, 0.5) is 5.69 Å². The summed E-state index contributed by atoms with van der Waals surface area (Å²) in [6.45, 7) is 7.63. The van der Waals surface area contributed by atoms with Gasteiger partial charge in [0.05, 0.1) is 0 Å². The van der Waals surface area contributed by atoms with Gasteiger partial charge in [-0.15, -0.1) is 0 Å². The number of anilines is 1. The van der Waals surface area contributed by atoms with Gasteiger partial charge in [0.1, 0.15) is 0 Å². The van der Waals surface area contributed by atoms with Crippen molar-refractivity contribution in [3.63, 3.8) is 0 Å². The molecule has 0 atom stereocenters. The lowest BCUT2D eigenvalue weighted by Gasteiger charge is -2.21. The quantitative estimate of drug-likeness (QED) is 0.682. The number of benzene rings is 1. The molecule has 1 aliphatic carbocycles. The maximum Gasteiger partial charge on any atom is 0.0416 e. The van der Waals surface area contributed by atoms with Crippen LogP contribution >= 0.6 is 0 Å².